The molecular weight excluding hydrogens is 491 g/mol. The minimum atomic E-state index is -0.455. The van der Waals surface area contributed by atoms with Gasteiger partial charge in [0.1, 0.15) is 11.6 Å². The number of aryl methyl sites for hydroxylation is 1. The Morgan fingerprint density at radius 3 is 2.64 bits per heavy atom. The maximum Gasteiger partial charge on any atom is 0.256 e. The van der Waals surface area contributed by atoms with Crippen molar-refractivity contribution in [1.29, 1.82) is 0 Å². The number of nitrogens with two attached hydrogens (primary N) is 1. The zero-order chi connectivity index (χ0) is 27.9. The maximum atomic E-state index is 14.8. The number of rotatable bonds is 9. The number of carbonyl (C=O) groups excluding carboxylic acids is 1. The number of hydrogen-bond acceptors (Lipinski definition) is 4. The van der Waals surface area contributed by atoms with Gasteiger partial charge >= 0.3 is 0 Å². The number of ether oxygens (including phenoxy) is 1. The summed E-state index contributed by atoms with van der Waals surface area (Å²) in [6.45, 7) is 6.66. The third kappa shape index (κ3) is 7.28. The predicted molar refractivity (Wildman–Crippen MR) is 157 cm³/mol. The average Bonchev–Trinajstić information content (AvgIpc) is 3.19. The third-order valence-electron chi connectivity index (χ3n) is 7.65. The maximum absolute atomic E-state index is 14.8. The molecule has 2 atom stereocenters. The van der Waals surface area contributed by atoms with Crippen molar-refractivity contribution in [3.8, 4) is 16.9 Å². The number of nitrogens with one attached hydrogen (secondary N) is 1. The zero-order valence-electron chi connectivity index (χ0n) is 23.5. The van der Waals surface area contributed by atoms with Gasteiger partial charge in [0.2, 0.25) is 0 Å². The fourth-order valence-corrected chi connectivity index (χ4v) is 5.31. The molecule has 1 unspecified atom stereocenters. The van der Waals surface area contributed by atoms with Crippen molar-refractivity contribution in [2.24, 2.45) is 18.9 Å². The molecular formula is C32H41FN4O2. The smallest absolute Gasteiger partial charge is 0.256 e. The van der Waals surface area contributed by atoms with Crippen molar-refractivity contribution in [2.45, 2.75) is 71.8 Å². The Labute approximate surface area is 231 Å². The fourth-order valence-electron chi connectivity index (χ4n) is 5.31. The molecule has 1 aromatic heterocycles. The molecule has 0 aliphatic heterocycles. The summed E-state index contributed by atoms with van der Waals surface area (Å²) in [4.78, 5) is 13.5. The number of benzene rings is 2. The van der Waals surface area contributed by atoms with E-state index in [-0.39, 0.29) is 17.7 Å². The second kappa shape index (κ2) is 13.0. The molecule has 2 aromatic carbocycles. The molecule has 1 heterocycles. The van der Waals surface area contributed by atoms with Gasteiger partial charge in [-0.1, -0.05) is 39.7 Å². The van der Waals surface area contributed by atoms with E-state index in [1.54, 1.807) is 30.2 Å². The number of anilines is 2. The number of unbranched alkanes of at least 4 members (excludes halogenated alkanes) is 1. The highest BCUT2D eigenvalue weighted by molar-refractivity contribution is 6.26. The lowest BCUT2D eigenvalue weighted by molar-refractivity contribution is -0.111. The summed E-state index contributed by atoms with van der Waals surface area (Å²) in [6.07, 6.45) is 12.8. The fraction of sp³-hybridized carbons (Fsp3) is 0.438. The lowest BCUT2D eigenvalue weighted by Gasteiger charge is -2.19. The predicted octanol–water partition coefficient (Wildman–Crippen LogP) is 7.61. The molecule has 0 radical (unpaired) electrons. The lowest BCUT2D eigenvalue weighted by Crippen LogP contribution is -2.16. The van der Waals surface area contributed by atoms with Gasteiger partial charge in [0.05, 0.1) is 12.3 Å². The molecule has 1 aliphatic carbocycles. The van der Waals surface area contributed by atoms with Crippen molar-refractivity contribution in [1.82, 2.24) is 9.78 Å². The molecule has 1 saturated carbocycles. The van der Waals surface area contributed by atoms with Crippen LogP contribution in [0.2, 0.25) is 0 Å². The van der Waals surface area contributed by atoms with Crippen molar-refractivity contribution in [3.05, 3.63) is 66.2 Å². The molecule has 7 heteroatoms. The molecule has 1 amide bonds. The number of aromatic nitrogens is 2. The Balaban J connectivity index is 1.48. The number of amides is 1. The average molecular weight is 533 g/mol. The summed E-state index contributed by atoms with van der Waals surface area (Å²) >= 11 is 0. The topological polar surface area (TPSA) is 82.2 Å². The van der Waals surface area contributed by atoms with Gasteiger partial charge in [-0.05, 0) is 80.3 Å². The molecule has 1 fully saturated rings. The van der Waals surface area contributed by atoms with E-state index >= 15 is 0 Å². The summed E-state index contributed by atoms with van der Waals surface area (Å²) in [7, 11) is 1.77. The van der Waals surface area contributed by atoms with Crippen LogP contribution < -0.4 is 15.8 Å². The van der Waals surface area contributed by atoms with Crippen LogP contribution in [0, 0.1) is 17.7 Å². The summed E-state index contributed by atoms with van der Waals surface area (Å²) in [5.41, 5.74) is 8.97. The van der Waals surface area contributed by atoms with E-state index in [4.69, 9.17) is 10.5 Å². The van der Waals surface area contributed by atoms with E-state index in [1.807, 2.05) is 37.3 Å². The molecule has 208 valence electrons. The molecule has 6 nitrogen and oxygen atoms in total. The van der Waals surface area contributed by atoms with E-state index in [0.717, 1.165) is 36.8 Å². The van der Waals surface area contributed by atoms with E-state index < -0.39 is 5.82 Å². The summed E-state index contributed by atoms with van der Waals surface area (Å²) in [5, 5.41) is 7.13. The highest BCUT2D eigenvalue weighted by Gasteiger charge is 2.22. The standard InChI is InChI=1S/C32H41FN4O2/c1-5-6-10-27(29-17-28(30(33)18-31(29)34)23-19-35-37(4)20-23)32(38)36-24-12-15-26(16-13-24)39-25-9-7-8-22(11-14-25)21(2)3/h10,12-13,15-22,25H,5-9,11,14,34H2,1-4H3,(H,36,38)/b27-10+/t22-,25?/m0/s1. The monoisotopic (exact) mass is 532 g/mol. The number of allylic oxidation sites excluding steroid dienone is 1. The molecule has 1 aliphatic rings. The second-order valence-corrected chi connectivity index (χ2v) is 11.0. The van der Waals surface area contributed by atoms with Crippen LogP contribution >= 0.6 is 0 Å². The van der Waals surface area contributed by atoms with Gasteiger partial charge < -0.3 is 15.8 Å². The highest BCUT2D eigenvalue weighted by atomic mass is 19.1. The van der Waals surface area contributed by atoms with Crippen LogP contribution in [0.5, 0.6) is 5.75 Å². The quantitative estimate of drug-likeness (QED) is 0.169. The number of hydrogen-bond donors (Lipinski definition) is 2. The Morgan fingerprint density at radius 2 is 1.97 bits per heavy atom. The lowest BCUT2D eigenvalue weighted by atomic mass is 9.89. The van der Waals surface area contributed by atoms with Gasteiger partial charge in [0.25, 0.3) is 5.91 Å². The first kappa shape index (κ1) is 28.4. The highest BCUT2D eigenvalue weighted by Crippen LogP contribution is 2.33. The zero-order valence-corrected chi connectivity index (χ0v) is 23.5. The molecule has 0 bridgehead atoms. The molecule has 3 aromatic rings. The van der Waals surface area contributed by atoms with Crippen LogP contribution in [0.25, 0.3) is 16.7 Å². The van der Waals surface area contributed by atoms with Gasteiger partial charge in [-0.2, -0.15) is 5.10 Å². The van der Waals surface area contributed by atoms with Crippen molar-refractivity contribution in [3.63, 3.8) is 0 Å². The van der Waals surface area contributed by atoms with Crippen molar-refractivity contribution >= 4 is 22.9 Å². The first-order chi connectivity index (χ1) is 18.7. The van der Waals surface area contributed by atoms with Gasteiger partial charge in [-0.3, -0.25) is 9.48 Å². The Bertz CT molecular complexity index is 1300. The van der Waals surface area contributed by atoms with Crippen LogP contribution in [0.15, 0.2) is 54.9 Å². The van der Waals surface area contributed by atoms with E-state index in [1.165, 1.54) is 25.3 Å². The summed E-state index contributed by atoms with van der Waals surface area (Å²) in [6, 6.07) is 10.4. The van der Waals surface area contributed by atoms with Crippen LogP contribution in [0.1, 0.15) is 71.3 Å². The van der Waals surface area contributed by atoms with Crippen molar-refractivity contribution < 1.29 is 13.9 Å². The molecule has 0 spiro atoms. The summed E-state index contributed by atoms with van der Waals surface area (Å²) < 4.78 is 22.7. The molecule has 4 rings (SSSR count). The first-order valence-corrected chi connectivity index (χ1v) is 14.1. The number of carbonyl (C=O) groups is 1. The minimum absolute atomic E-state index is 0.212. The number of nitrogen functional groups attached to an aromatic ring is 1. The van der Waals surface area contributed by atoms with Crippen LogP contribution in [-0.2, 0) is 11.8 Å². The van der Waals surface area contributed by atoms with Crippen LogP contribution in [0.3, 0.4) is 0 Å². The molecule has 3 N–H and O–H groups in total. The normalized spacial score (nSPS) is 18.2. The Hall–Kier alpha value is -3.61. The third-order valence-corrected chi connectivity index (χ3v) is 7.65. The second-order valence-electron chi connectivity index (χ2n) is 11.0. The van der Waals surface area contributed by atoms with Crippen LogP contribution in [0.4, 0.5) is 15.8 Å². The van der Waals surface area contributed by atoms with Gasteiger partial charge in [0, 0.05) is 46.9 Å². The van der Waals surface area contributed by atoms with Crippen LogP contribution in [-0.4, -0.2) is 21.8 Å². The first-order valence-electron chi connectivity index (χ1n) is 14.1. The van der Waals surface area contributed by atoms with E-state index in [9.17, 15) is 9.18 Å². The molecule has 39 heavy (non-hydrogen) atoms. The largest absolute Gasteiger partial charge is 0.490 e. The minimum Gasteiger partial charge on any atom is -0.490 e. The van der Waals surface area contributed by atoms with Gasteiger partial charge in [-0.25, -0.2) is 4.39 Å². The summed E-state index contributed by atoms with van der Waals surface area (Å²) in [5.74, 6) is 1.56. The van der Waals surface area contributed by atoms with E-state index in [2.05, 4.69) is 24.3 Å². The Morgan fingerprint density at radius 1 is 1.21 bits per heavy atom. The molecule has 0 saturated heterocycles. The number of nitrogens with zero attached hydrogens (tertiary/aromatic N) is 2. The Kier molecular flexibility index (Phi) is 9.44. The number of halogens is 1. The van der Waals surface area contributed by atoms with Gasteiger partial charge in [-0.15, -0.1) is 0 Å². The van der Waals surface area contributed by atoms with Gasteiger partial charge in [0.15, 0.2) is 0 Å². The SMILES string of the molecule is CCC/C=C(/C(=O)Nc1ccc(OC2CCC[C@H](C(C)C)CC2)cc1)c1cc(-c2cnn(C)c2)c(F)cc1N. The van der Waals surface area contributed by atoms with E-state index in [0.29, 0.717) is 34.4 Å². The van der Waals surface area contributed by atoms with Crippen molar-refractivity contribution in [2.75, 3.05) is 11.1 Å².